The molecule has 1 heterocycles. The zero-order valence-electron chi connectivity index (χ0n) is 16.6. The summed E-state index contributed by atoms with van der Waals surface area (Å²) < 4.78 is 16.4. The average molecular weight is 437 g/mol. The van der Waals surface area contributed by atoms with Crippen LogP contribution >= 0.6 is 11.6 Å². The summed E-state index contributed by atoms with van der Waals surface area (Å²) in [5.41, 5.74) is 0.469. The number of rotatable bonds is 9. The van der Waals surface area contributed by atoms with E-state index in [4.69, 9.17) is 30.6 Å². The molecular formula is C21H25ClN2O6. The van der Waals surface area contributed by atoms with E-state index in [2.05, 4.69) is 5.32 Å². The number of hydroxylamine groups is 2. The summed E-state index contributed by atoms with van der Waals surface area (Å²) in [5.74, 6) is 1.15. The number of carbonyl (C=O) groups is 1. The first-order valence-electron chi connectivity index (χ1n) is 9.67. The number of carbonyl (C=O) groups excluding carboxylic acids is 1. The molecule has 1 aliphatic heterocycles. The van der Waals surface area contributed by atoms with Gasteiger partial charge in [0.2, 0.25) is 0 Å². The first-order chi connectivity index (χ1) is 14.5. The summed E-state index contributed by atoms with van der Waals surface area (Å²) in [7, 11) is 0. The van der Waals surface area contributed by atoms with E-state index in [1.807, 2.05) is 0 Å². The van der Waals surface area contributed by atoms with Gasteiger partial charge >= 0.3 is 6.09 Å². The summed E-state index contributed by atoms with van der Waals surface area (Å²) in [6, 6.07) is 14.1. The van der Waals surface area contributed by atoms with E-state index < -0.39 is 12.2 Å². The van der Waals surface area contributed by atoms with Crippen molar-refractivity contribution < 1.29 is 28.9 Å². The Bertz CT molecular complexity index is 819. The van der Waals surface area contributed by atoms with Crippen LogP contribution in [-0.2, 0) is 9.57 Å². The quantitative estimate of drug-likeness (QED) is 0.623. The van der Waals surface area contributed by atoms with E-state index in [9.17, 15) is 9.90 Å². The predicted octanol–water partition coefficient (Wildman–Crippen LogP) is 3.34. The van der Waals surface area contributed by atoms with Gasteiger partial charge in [0.25, 0.3) is 0 Å². The SMILES string of the molecule is CCOC(=O)Nc1ccccc1OC[C@@H](O)CN1C[C@@H](Oc2ccc(Cl)cc2)CO1. The van der Waals surface area contributed by atoms with Gasteiger partial charge in [-0.1, -0.05) is 23.7 Å². The van der Waals surface area contributed by atoms with Crippen LogP contribution in [0.2, 0.25) is 5.02 Å². The number of hydrogen-bond donors (Lipinski definition) is 2. The maximum atomic E-state index is 11.6. The zero-order valence-corrected chi connectivity index (χ0v) is 17.4. The van der Waals surface area contributed by atoms with Gasteiger partial charge in [-0.2, -0.15) is 5.06 Å². The number of ether oxygens (including phenoxy) is 3. The molecule has 2 aromatic carbocycles. The number of β-amino-alcohol motifs (C(OH)–C–C–N with tert-alkyl or cyclic N) is 1. The van der Waals surface area contributed by atoms with Crippen molar-refractivity contribution in [2.24, 2.45) is 0 Å². The molecule has 2 atom stereocenters. The third kappa shape index (κ3) is 6.77. The Morgan fingerprint density at radius 1 is 1.30 bits per heavy atom. The van der Waals surface area contributed by atoms with E-state index in [1.165, 1.54) is 0 Å². The number of aliphatic hydroxyl groups excluding tert-OH is 1. The minimum Gasteiger partial charge on any atom is -0.489 e. The molecule has 9 heteroatoms. The molecule has 0 unspecified atom stereocenters. The van der Waals surface area contributed by atoms with Crippen LogP contribution in [0.25, 0.3) is 0 Å². The Kier molecular flexibility index (Phi) is 8.15. The van der Waals surface area contributed by atoms with Crippen molar-refractivity contribution >= 4 is 23.4 Å². The van der Waals surface area contributed by atoms with Crippen LogP contribution in [-0.4, -0.2) is 61.4 Å². The second-order valence-corrected chi connectivity index (χ2v) is 7.08. The Hall–Kier alpha value is -2.52. The van der Waals surface area contributed by atoms with Crippen molar-refractivity contribution in [3.8, 4) is 11.5 Å². The highest BCUT2D eigenvalue weighted by molar-refractivity contribution is 6.30. The molecule has 0 aromatic heterocycles. The van der Waals surface area contributed by atoms with Crippen molar-refractivity contribution in [1.29, 1.82) is 0 Å². The number of benzene rings is 2. The first-order valence-corrected chi connectivity index (χ1v) is 10.0. The molecule has 0 saturated carbocycles. The highest BCUT2D eigenvalue weighted by Gasteiger charge is 2.27. The molecule has 1 fully saturated rings. The molecule has 30 heavy (non-hydrogen) atoms. The summed E-state index contributed by atoms with van der Waals surface area (Å²) in [5, 5.41) is 15.2. The third-order valence-electron chi connectivity index (χ3n) is 4.21. The number of aliphatic hydroxyl groups is 1. The van der Waals surface area contributed by atoms with Crippen LogP contribution < -0.4 is 14.8 Å². The fraction of sp³-hybridized carbons (Fsp3) is 0.381. The second kappa shape index (κ2) is 11.0. The lowest BCUT2D eigenvalue weighted by Crippen LogP contribution is -2.34. The average Bonchev–Trinajstić information content (AvgIpc) is 3.16. The number of anilines is 1. The minimum atomic E-state index is -0.796. The first kappa shape index (κ1) is 22.2. The van der Waals surface area contributed by atoms with Crippen molar-refractivity contribution in [3.05, 3.63) is 53.6 Å². The molecule has 0 spiro atoms. The molecule has 1 saturated heterocycles. The van der Waals surface area contributed by atoms with Crippen LogP contribution in [0.3, 0.4) is 0 Å². The van der Waals surface area contributed by atoms with Gasteiger partial charge in [-0.15, -0.1) is 0 Å². The van der Waals surface area contributed by atoms with Crippen molar-refractivity contribution in [3.63, 3.8) is 0 Å². The number of halogens is 1. The molecule has 0 aliphatic carbocycles. The van der Waals surface area contributed by atoms with E-state index in [-0.39, 0.29) is 25.9 Å². The topological polar surface area (TPSA) is 89.5 Å². The standard InChI is InChI=1S/C21H25ClN2O6/c1-2-27-21(26)23-19-5-3-4-6-20(19)28-13-16(25)11-24-12-18(14-29-24)30-17-9-7-15(22)8-10-17/h3-10,16,18,25H,2,11-14H2,1H3,(H,23,26)/t16-,18+/m0/s1. The fourth-order valence-electron chi connectivity index (χ4n) is 2.87. The maximum Gasteiger partial charge on any atom is 0.411 e. The molecule has 8 nitrogen and oxygen atoms in total. The van der Waals surface area contributed by atoms with Gasteiger partial charge in [-0.25, -0.2) is 4.79 Å². The monoisotopic (exact) mass is 436 g/mol. The third-order valence-corrected chi connectivity index (χ3v) is 4.46. The molecule has 162 valence electrons. The number of nitrogens with one attached hydrogen (secondary N) is 1. The molecule has 2 N–H and O–H groups in total. The molecule has 2 aromatic rings. The van der Waals surface area contributed by atoms with Crippen molar-refractivity contribution in [2.75, 3.05) is 38.2 Å². The van der Waals surface area contributed by atoms with E-state index in [0.717, 1.165) is 0 Å². The lowest BCUT2D eigenvalue weighted by atomic mass is 10.3. The Morgan fingerprint density at radius 3 is 2.83 bits per heavy atom. The van der Waals surface area contributed by atoms with Crippen LogP contribution in [0.5, 0.6) is 11.5 Å². The number of para-hydroxylation sites is 2. The molecule has 3 rings (SSSR count). The summed E-state index contributed by atoms with van der Waals surface area (Å²) >= 11 is 5.88. The molecule has 0 bridgehead atoms. The lowest BCUT2D eigenvalue weighted by molar-refractivity contribution is -0.131. The van der Waals surface area contributed by atoms with Crippen LogP contribution in [0.15, 0.2) is 48.5 Å². The Labute approximate surface area is 180 Å². The van der Waals surface area contributed by atoms with Gasteiger partial charge in [0.1, 0.15) is 36.9 Å². The normalized spacial score (nSPS) is 17.4. The summed E-state index contributed by atoms with van der Waals surface area (Å²) in [6.45, 7) is 3.19. The molecule has 0 radical (unpaired) electrons. The minimum absolute atomic E-state index is 0.0318. The summed E-state index contributed by atoms with van der Waals surface area (Å²) in [6.07, 6.45) is -1.50. The number of hydrogen-bond acceptors (Lipinski definition) is 7. The van der Waals surface area contributed by atoms with Gasteiger partial charge < -0.3 is 19.3 Å². The van der Waals surface area contributed by atoms with Gasteiger partial charge in [-0.3, -0.25) is 10.2 Å². The van der Waals surface area contributed by atoms with Crippen LogP contribution in [0.4, 0.5) is 10.5 Å². The van der Waals surface area contributed by atoms with E-state index in [1.54, 1.807) is 60.5 Å². The maximum absolute atomic E-state index is 11.6. The second-order valence-electron chi connectivity index (χ2n) is 6.64. The highest BCUT2D eigenvalue weighted by Crippen LogP contribution is 2.24. The van der Waals surface area contributed by atoms with Crippen LogP contribution in [0, 0.1) is 0 Å². The van der Waals surface area contributed by atoms with Gasteiger partial charge in [0.05, 0.1) is 25.4 Å². The Balaban J connectivity index is 1.43. The summed E-state index contributed by atoms with van der Waals surface area (Å²) in [4.78, 5) is 17.2. The molecule has 1 amide bonds. The van der Waals surface area contributed by atoms with Gasteiger partial charge in [-0.05, 0) is 43.3 Å². The number of nitrogens with zero attached hydrogens (tertiary/aromatic N) is 1. The fourth-order valence-corrected chi connectivity index (χ4v) is 3.00. The van der Waals surface area contributed by atoms with Gasteiger partial charge in [0, 0.05) is 5.02 Å². The van der Waals surface area contributed by atoms with E-state index in [0.29, 0.717) is 35.4 Å². The largest absolute Gasteiger partial charge is 0.489 e. The van der Waals surface area contributed by atoms with E-state index >= 15 is 0 Å². The van der Waals surface area contributed by atoms with Gasteiger partial charge in [0.15, 0.2) is 0 Å². The predicted molar refractivity (Wildman–Crippen MR) is 112 cm³/mol. The lowest BCUT2D eigenvalue weighted by Gasteiger charge is -2.19. The van der Waals surface area contributed by atoms with Crippen LogP contribution in [0.1, 0.15) is 6.92 Å². The van der Waals surface area contributed by atoms with Crippen molar-refractivity contribution in [2.45, 2.75) is 19.1 Å². The highest BCUT2D eigenvalue weighted by atomic mass is 35.5. The zero-order chi connectivity index (χ0) is 21.3. The molecular weight excluding hydrogens is 412 g/mol. The number of amides is 1. The molecule has 1 aliphatic rings. The smallest absolute Gasteiger partial charge is 0.411 e. The Morgan fingerprint density at radius 2 is 2.07 bits per heavy atom. The van der Waals surface area contributed by atoms with Crippen molar-refractivity contribution in [1.82, 2.24) is 5.06 Å².